The zero-order chi connectivity index (χ0) is 23.4. The van der Waals surface area contributed by atoms with Gasteiger partial charge in [0, 0.05) is 24.0 Å². The van der Waals surface area contributed by atoms with Gasteiger partial charge in [-0.15, -0.1) is 0 Å². The smallest absolute Gasteiger partial charge is 0.338 e. The minimum atomic E-state index is -0.611. The standard InChI is InChI=1S/C25H22N4O4/c1-16-26-22-14-18(8-13-23(22)29(16)21-6-4-3-5-7-21)25(32)33-15-24(31)28-20-11-9-19(10-12-20)27-17(2)30/h3-14H,15H2,1-2H3,(H,27,30)(H,28,31). The summed E-state index contributed by atoms with van der Waals surface area (Å²) < 4.78 is 7.18. The highest BCUT2D eigenvalue weighted by Gasteiger charge is 2.15. The van der Waals surface area contributed by atoms with Crippen LogP contribution in [0.2, 0.25) is 0 Å². The molecule has 0 aliphatic heterocycles. The van der Waals surface area contributed by atoms with Crippen LogP contribution >= 0.6 is 0 Å². The summed E-state index contributed by atoms with van der Waals surface area (Å²) in [6.45, 7) is 2.89. The third kappa shape index (κ3) is 5.07. The van der Waals surface area contributed by atoms with Crippen LogP contribution in [-0.2, 0) is 14.3 Å². The van der Waals surface area contributed by atoms with E-state index in [1.54, 1.807) is 36.4 Å². The Hall–Kier alpha value is -4.46. The molecule has 4 rings (SSSR count). The summed E-state index contributed by atoms with van der Waals surface area (Å²) in [4.78, 5) is 40.3. The van der Waals surface area contributed by atoms with Crippen molar-refractivity contribution in [1.82, 2.24) is 9.55 Å². The summed E-state index contributed by atoms with van der Waals surface area (Å²) in [6, 6.07) is 21.6. The third-order valence-electron chi connectivity index (χ3n) is 4.90. The zero-order valence-corrected chi connectivity index (χ0v) is 18.2. The molecular weight excluding hydrogens is 420 g/mol. The second kappa shape index (κ2) is 9.35. The van der Waals surface area contributed by atoms with Gasteiger partial charge in [0.2, 0.25) is 5.91 Å². The number of carbonyl (C=O) groups excluding carboxylic acids is 3. The average Bonchev–Trinajstić information content (AvgIpc) is 3.13. The highest BCUT2D eigenvalue weighted by Crippen LogP contribution is 2.22. The Balaban J connectivity index is 1.39. The fourth-order valence-electron chi connectivity index (χ4n) is 3.48. The number of amides is 2. The van der Waals surface area contributed by atoms with E-state index >= 15 is 0 Å². The number of hydrogen-bond acceptors (Lipinski definition) is 5. The fraction of sp³-hybridized carbons (Fsp3) is 0.120. The topological polar surface area (TPSA) is 102 Å². The number of aryl methyl sites for hydroxylation is 1. The summed E-state index contributed by atoms with van der Waals surface area (Å²) in [5, 5.41) is 5.29. The number of para-hydroxylation sites is 1. The molecule has 2 amide bonds. The normalized spacial score (nSPS) is 10.6. The first-order chi connectivity index (χ1) is 15.9. The molecule has 1 aromatic heterocycles. The van der Waals surface area contributed by atoms with E-state index < -0.39 is 18.5 Å². The van der Waals surface area contributed by atoms with E-state index in [1.165, 1.54) is 6.92 Å². The molecule has 0 saturated heterocycles. The molecule has 0 saturated carbocycles. The number of imidazole rings is 1. The quantitative estimate of drug-likeness (QED) is 0.438. The molecule has 0 spiro atoms. The van der Waals surface area contributed by atoms with Gasteiger partial charge in [-0.3, -0.25) is 14.2 Å². The minimum absolute atomic E-state index is 0.182. The highest BCUT2D eigenvalue weighted by molar-refractivity contribution is 5.97. The second-order valence-electron chi connectivity index (χ2n) is 7.42. The van der Waals surface area contributed by atoms with Gasteiger partial charge in [0.15, 0.2) is 6.61 Å². The van der Waals surface area contributed by atoms with Crippen molar-refractivity contribution in [2.24, 2.45) is 0 Å². The van der Waals surface area contributed by atoms with Crippen molar-refractivity contribution in [2.75, 3.05) is 17.2 Å². The van der Waals surface area contributed by atoms with Gasteiger partial charge in [0.25, 0.3) is 5.91 Å². The van der Waals surface area contributed by atoms with Crippen LogP contribution in [0.3, 0.4) is 0 Å². The predicted molar refractivity (Wildman–Crippen MR) is 125 cm³/mol. The lowest BCUT2D eigenvalue weighted by Gasteiger charge is -2.08. The van der Waals surface area contributed by atoms with Crippen LogP contribution in [0.4, 0.5) is 11.4 Å². The molecule has 4 aromatic rings. The molecule has 0 fully saturated rings. The monoisotopic (exact) mass is 442 g/mol. The Kier molecular flexibility index (Phi) is 6.17. The number of carbonyl (C=O) groups is 3. The van der Waals surface area contributed by atoms with Crippen LogP contribution in [0.1, 0.15) is 23.1 Å². The Labute approximate surface area is 190 Å². The number of benzene rings is 3. The van der Waals surface area contributed by atoms with Crippen molar-refractivity contribution < 1.29 is 19.1 Å². The summed E-state index contributed by atoms with van der Waals surface area (Å²) >= 11 is 0. The van der Waals surface area contributed by atoms with E-state index in [0.717, 1.165) is 17.0 Å². The van der Waals surface area contributed by atoms with E-state index in [-0.39, 0.29) is 5.91 Å². The molecule has 0 aliphatic carbocycles. The SMILES string of the molecule is CC(=O)Nc1ccc(NC(=O)COC(=O)c2ccc3c(c2)nc(C)n3-c2ccccc2)cc1. The number of nitrogens with zero attached hydrogens (tertiary/aromatic N) is 2. The lowest BCUT2D eigenvalue weighted by Crippen LogP contribution is -2.21. The molecule has 2 N–H and O–H groups in total. The molecule has 33 heavy (non-hydrogen) atoms. The molecule has 0 aliphatic rings. The molecule has 8 heteroatoms. The Morgan fingerprint density at radius 1 is 0.909 bits per heavy atom. The number of esters is 1. The first kappa shape index (κ1) is 21.8. The van der Waals surface area contributed by atoms with Gasteiger partial charge < -0.3 is 15.4 Å². The third-order valence-corrected chi connectivity index (χ3v) is 4.90. The highest BCUT2D eigenvalue weighted by atomic mass is 16.5. The predicted octanol–water partition coefficient (Wildman–Crippen LogP) is 4.09. The van der Waals surface area contributed by atoms with Gasteiger partial charge in [0.1, 0.15) is 5.82 Å². The Bertz CT molecular complexity index is 1330. The van der Waals surface area contributed by atoms with Crippen LogP contribution in [-0.4, -0.2) is 33.9 Å². The van der Waals surface area contributed by atoms with Gasteiger partial charge in [-0.1, -0.05) is 18.2 Å². The lowest BCUT2D eigenvalue weighted by atomic mass is 10.2. The maximum Gasteiger partial charge on any atom is 0.338 e. The van der Waals surface area contributed by atoms with Crippen molar-refractivity contribution in [3.8, 4) is 5.69 Å². The molecule has 0 atom stereocenters. The van der Waals surface area contributed by atoms with E-state index in [0.29, 0.717) is 22.5 Å². The summed E-state index contributed by atoms with van der Waals surface area (Å²) in [7, 11) is 0. The first-order valence-corrected chi connectivity index (χ1v) is 10.3. The fourth-order valence-corrected chi connectivity index (χ4v) is 3.48. The van der Waals surface area contributed by atoms with Crippen molar-refractivity contribution in [3.05, 3.63) is 84.2 Å². The second-order valence-corrected chi connectivity index (χ2v) is 7.42. The van der Waals surface area contributed by atoms with E-state index in [4.69, 9.17) is 4.74 Å². The average molecular weight is 442 g/mol. The first-order valence-electron chi connectivity index (χ1n) is 10.3. The van der Waals surface area contributed by atoms with Crippen LogP contribution in [0.25, 0.3) is 16.7 Å². The van der Waals surface area contributed by atoms with Crippen LogP contribution in [0.5, 0.6) is 0 Å². The van der Waals surface area contributed by atoms with E-state index in [9.17, 15) is 14.4 Å². The molecule has 8 nitrogen and oxygen atoms in total. The van der Waals surface area contributed by atoms with Gasteiger partial charge in [0.05, 0.1) is 16.6 Å². The van der Waals surface area contributed by atoms with Crippen molar-refractivity contribution in [2.45, 2.75) is 13.8 Å². The number of fused-ring (bicyclic) bond motifs is 1. The molecule has 166 valence electrons. The number of aromatic nitrogens is 2. The maximum atomic E-state index is 12.5. The van der Waals surface area contributed by atoms with Crippen molar-refractivity contribution in [1.29, 1.82) is 0 Å². The zero-order valence-electron chi connectivity index (χ0n) is 18.2. The number of anilines is 2. The van der Waals surface area contributed by atoms with Gasteiger partial charge in [-0.25, -0.2) is 9.78 Å². The summed E-state index contributed by atoms with van der Waals surface area (Å²) in [5.41, 5.74) is 3.97. The molecule has 0 radical (unpaired) electrons. The number of rotatable bonds is 6. The minimum Gasteiger partial charge on any atom is -0.452 e. The maximum absolute atomic E-state index is 12.5. The van der Waals surface area contributed by atoms with Gasteiger partial charge in [-0.2, -0.15) is 0 Å². The van der Waals surface area contributed by atoms with Crippen LogP contribution in [0, 0.1) is 6.92 Å². The largest absolute Gasteiger partial charge is 0.452 e. The number of ether oxygens (including phenoxy) is 1. The summed E-state index contributed by atoms with van der Waals surface area (Å²) in [6.07, 6.45) is 0. The van der Waals surface area contributed by atoms with Crippen molar-refractivity contribution >= 4 is 40.2 Å². The molecule has 3 aromatic carbocycles. The van der Waals surface area contributed by atoms with Gasteiger partial charge >= 0.3 is 5.97 Å². The Morgan fingerprint density at radius 2 is 1.58 bits per heavy atom. The molecule has 0 unspecified atom stereocenters. The van der Waals surface area contributed by atoms with E-state index in [2.05, 4.69) is 15.6 Å². The number of hydrogen-bond donors (Lipinski definition) is 2. The van der Waals surface area contributed by atoms with Crippen molar-refractivity contribution in [3.63, 3.8) is 0 Å². The van der Waals surface area contributed by atoms with Gasteiger partial charge in [-0.05, 0) is 61.5 Å². The van der Waals surface area contributed by atoms with Crippen LogP contribution in [0.15, 0.2) is 72.8 Å². The molecule has 1 heterocycles. The molecule has 0 bridgehead atoms. The lowest BCUT2D eigenvalue weighted by molar-refractivity contribution is -0.119. The van der Waals surface area contributed by atoms with E-state index in [1.807, 2.05) is 47.9 Å². The summed E-state index contributed by atoms with van der Waals surface area (Å²) in [5.74, 6) is -0.467. The Morgan fingerprint density at radius 3 is 2.24 bits per heavy atom. The van der Waals surface area contributed by atoms with Crippen LogP contribution < -0.4 is 10.6 Å². The molecular formula is C25H22N4O4. The number of nitrogens with one attached hydrogen (secondary N) is 2.